The Labute approximate surface area is 233 Å². The molecular weight excluding hydrogens is 478 g/mol. The lowest BCUT2D eigenvalue weighted by Crippen LogP contribution is -2.25. The summed E-state index contributed by atoms with van der Waals surface area (Å²) in [5.74, 6) is -0.731. The fourth-order valence-corrected chi connectivity index (χ4v) is 5.48. The molecule has 0 amide bonds. The highest BCUT2D eigenvalue weighted by molar-refractivity contribution is 6.27. The van der Waals surface area contributed by atoms with Crippen molar-refractivity contribution in [2.24, 2.45) is 5.92 Å². The van der Waals surface area contributed by atoms with E-state index in [-0.39, 0.29) is 23.1 Å². The van der Waals surface area contributed by atoms with E-state index in [1.54, 1.807) is 6.08 Å². The van der Waals surface area contributed by atoms with Crippen molar-refractivity contribution in [1.82, 2.24) is 4.90 Å². The third kappa shape index (κ3) is 6.20. The normalized spacial score (nSPS) is 17.5. The number of hydrogen-bond donors (Lipinski definition) is 0. The SMILES string of the molecule is C=C(Cc1cccc(/C(=C/C)C2=C(CC)N(C)CC=C2)c1)C(=O)C1=CC=CC(Cc2ccc(C)c(C)c2)C1=O. The van der Waals surface area contributed by atoms with Gasteiger partial charge < -0.3 is 4.90 Å². The lowest BCUT2D eigenvalue weighted by atomic mass is 9.83. The minimum atomic E-state index is -0.341. The number of aryl methyl sites for hydroxylation is 2. The van der Waals surface area contributed by atoms with Crippen molar-refractivity contribution < 1.29 is 9.59 Å². The lowest BCUT2D eigenvalue weighted by molar-refractivity contribution is -0.121. The summed E-state index contributed by atoms with van der Waals surface area (Å²) in [5.41, 5.74) is 10.0. The lowest BCUT2D eigenvalue weighted by Gasteiger charge is -2.28. The Morgan fingerprint density at radius 3 is 2.62 bits per heavy atom. The molecule has 0 aromatic heterocycles. The van der Waals surface area contributed by atoms with Gasteiger partial charge in [-0.15, -0.1) is 0 Å². The number of benzene rings is 2. The van der Waals surface area contributed by atoms with E-state index in [1.807, 2.05) is 24.3 Å². The molecule has 0 radical (unpaired) electrons. The molecule has 1 unspecified atom stereocenters. The van der Waals surface area contributed by atoms with Gasteiger partial charge in [0.15, 0.2) is 11.6 Å². The van der Waals surface area contributed by atoms with E-state index in [1.165, 1.54) is 28.0 Å². The van der Waals surface area contributed by atoms with Gasteiger partial charge in [-0.3, -0.25) is 9.59 Å². The first-order valence-electron chi connectivity index (χ1n) is 13.8. The minimum absolute atomic E-state index is 0.126. The van der Waals surface area contributed by atoms with E-state index in [0.717, 1.165) is 29.7 Å². The summed E-state index contributed by atoms with van der Waals surface area (Å²) in [6.07, 6.45) is 13.9. The zero-order chi connectivity index (χ0) is 28.1. The van der Waals surface area contributed by atoms with Crippen LogP contribution in [-0.4, -0.2) is 30.1 Å². The molecular formula is C36H39NO2. The standard InChI is InChI=1S/C36H39NO2/c1-7-31(32-16-11-19-37(6)34(32)8-2)29-13-9-12-27(22-29)21-26(5)35(38)33-15-10-14-30(36(33)39)23-28-18-17-24(3)25(4)20-28/h7,9-18,20,22,30H,5,8,19,21,23H2,1-4,6H3/b31-7-. The molecule has 3 heteroatoms. The smallest absolute Gasteiger partial charge is 0.192 e. The number of nitrogens with zero attached hydrogens (tertiary/aromatic N) is 1. The third-order valence-electron chi connectivity index (χ3n) is 7.81. The molecule has 0 N–H and O–H groups in total. The van der Waals surface area contributed by atoms with E-state index in [9.17, 15) is 9.59 Å². The Hall–Kier alpha value is -3.98. The van der Waals surface area contributed by atoms with Gasteiger partial charge in [-0.2, -0.15) is 0 Å². The van der Waals surface area contributed by atoms with Crippen LogP contribution in [0.15, 0.2) is 108 Å². The molecule has 0 spiro atoms. The van der Waals surface area contributed by atoms with Crippen molar-refractivity contribution in [3.05, 3.63) is 136 Å². The average molecular weight is 518 g/mol. The van der Waals surface area contributed by atoms with Crippen LogP contribution in [0.1, 0.15) is 48.1 Å². The summed E-state index contributed by atoms with van der Waals surface area (Å²) in [4.78, 5) is 29.0. The van der Waals surface area contributed by atoms with Crippen LogP contribution in [0.3, 0.4) is 0 Å². The number of allylic oxidation sites excluding steroid dienone is 10. The van der Waals surface area contributed by atoms with Crippen LogP contribution in [0.4, 0.5) is 0 Å². The van der Waals surface area contributed by atoms with Crippen molar-refractivity contribution in [3.8, 4) is 0 Å². The summed E-state index contributed by atoms with van der Waals surface area (Å²) < 4.78 is 0. The number of rotatable bonds is 9. The van der Waals surface area contributed by atoms with Crippen LogP contribution < -0.4 is 0 Å². The molecule has 2 aliphatic rings. The number of hydrogen-bond acceptors (Lipinski definition) is 3. The molecule has 1 heterocycles. The van der Waals surface area contributed by atoms with Crippen LogP contribution in [0.5, 0.6) is 0 Å². The van der Waals surface area contributed by atoms with E-state index in [4.69, 9.17) is 0 Å². The second-order valence-electron chi connectivity index (χ2n) is 10.6. The summed E-state index contributed by atoms with van der Waals surface area (Å²) >= 11 is 0. The Morgan fingerprint density at radius 1 is 1.10 bits per heavy atom. The Balaban J connectivity index is 1.49. The molecule has 0 bridgehead atoms. The van der Waals surface area contributed by atoms with Gasteiger partial charge in [0.05, 0.1) is 5.57 Å². The van der Waals surface area contributed by atoms with Crippen LogP contribution in [0.25, 0.3) is 5.57 Å². The van der Waals surface area contributed by atoms with Crippen molar-refractivity contribution in [2.75, 3.05) is 13.6 Å². The van der Waals surface area contributed by atoms with Gasteiger partial charge in [0.25, 0.3) is 0 Å². The van der Waals surface area contributed by atoms with Gasteiger partial charge in [0, 0.05) is 37.2 Å². The quantitative estimate of drug-likeness (QED) is 0.256. The monoisotopic (exact) mass is 517 g/mol. The summed E-state index contributed by atoms with van der Waals surface area (Å²) in [6, 6.07) is 14.6. The largest absolute Gasteiger partial charge is 0.374 e. The van der Waals surface area contributed by atoms with Crippen LogP contribution in [0, 0.1) is 19.8 Å². The molecule has 39 heavy (non-hydrogen) atoms. The maximum absolute atomic E-state index is 13.4. The first-order valence-corrected chi connectivity index (χ1v) is 13.8. The highest BCUT2D eigenvalue weighted by atomic mass is 16.1. The van der Waals surface area contributed by atoms with Crippen molar-refractivity contribution in [2.45, 2.75) is 47.0 Å². The predicted molar refractivity (Wildman–Crippen MR) is 162 cm³/mol. The molecule has 2 aromatic rings. The summed E-state index contributed by atoms with van der Waals surface area (Å²) in [6.45, 7) is 13.4. The van der Waals surface area contributed by atoms with Gasteiger partial charge >= 0.3 is 0 Å². The molecule has 4 rings (SSSR count). The molecule has 2 aromatic carbocycles. The van der Waals surface area contributed by atoms with E-state index in [2.05, 4.69) is 94.8 Å². The minimum Gasteiger partial charge on any atom is -0.374 e. The second kappa shape index (κ2) is 12.3. The molecule has 0 fully saturated rings. The molecule has 1 atom stereocenters. The molecule has 0 saturated heterocycles. The first kappa shape index (κ1) is 28.0. The van der Waals surface area contributed by atoms with Crippen molar-refractivity contribution >= 4 is 17.1 Å². The molecule has 1 aliphatic carbocycles. The molecule has 1 aliphatic heterocycles. The summed E-state index contributed by atoms with van der Waals surface area (Å²) in [7, 11) is 2.13. The van der Waals surface area contributed by atoms with Gasteiger partial charge in [-0.25, -0.2) is 0 Å². The Kier molecular flexibility index (Phi) is 8.81. The zero-order valence-corrected chi connectivity index (χ0v) is 23.9. The number of carbonyl (C=O) groups is 2. The topological polar surface area (TPSA) is 37.4 Å². The zero-order valence-electron chi connectivity index (χ0n) is 23.9. The molecule has 200 valence electrons. The van der Waals surface area contributed by atoms with Gasteiger partial charge in [-0.05, 0) is 78.7 Å². The molecule has 0 saturated carbocycles. The number of ketones is 2. The van der Waals surface area contributed by atoms with Gasteiger partial charge in [0.1, 0.15) is 0 Å². The fourth-order valence-electron chi connectivity index (χ4n) is 5.48. The maximum atomic E-state index is 13.4. The fraction of sp³-hybridized carbons (Fsp3) is 0.278. The number of Topliss-reactive ketones (excluding diaryl/α,β-unsaturated/α-hetero) is 2. The second-order valence-corrected chi connectivity index (χ2v) is 10.6. The third-order valence-corrected chi connectivity index (χ3v) is 7.81. The average Bonchev–Trinajstić information content (AvgIpc) is 2.92. The molecule has 3 nitrogen and oxygen atoms in total. The first-order chi connectivity index (χ1) is 18.7. The van der Waals surface area contributed by atoms with E-state index < -0.39 is 0 Å². The Bertz CT molecular complexity index is 1460. The maximum Gasteiger partial charge on any atom is 0.192 e. The number of carbonyl (C=O) groups excluding carboxylic acids is 2. The van der Waals surface area contributed by atoms with Crippen molar-refractivity contribution in [3.63, 3.8) is 0 Å². The van der Waals surface area contributed by atoms with Crippen LogP contribution in [-0.2, 0) is 22.4 Å². The van der Waals surface area contributed by atoms with Crippen LogP contribution >= 0.6 is 0 Å². The number of likely N-dealkylation sites (N-methyl/N-ethyl adjacent to an activating group) is 1. The summed E-state index contributed by atoms with van der Waals surface area (Å²) in [5, 5.41) is 0. The van der Waals surface area contributed by atoms with Gasteiger partial charge in [0.2, 0.25) is 0 Å². The highest BCUT2D eigenvalue weighted by Crippen LogP contribution is 2.32. The van der Waals surface area contributed by atoms with Crippen molar-refractivity contribution in [1.29, 1.82) is 0 Å². The highest BCUT2D eigenvalue weighted by Gasteiger charge is 2.28. The van der Waals surface area contributed by atoms with E-state index >= 15 is 0 Å². The van der Waals surface area contributed by atoms with E-state index in [0.29, 0.717) is 18.4 Å². The van der Waals surface area contributed by atoms with Crippen LogP contribution in [0.2, 0.25) is 0 Å². The Morgan fingerprint density at radius 2 is 1.90 bits per heavy atom. The van der Waals surface area contributed by atoms with Gasteiger partial charge in [-0.1, -0.05) is 86.3 Å². The predicted octanol–water partition coefficient (Wildman–Crippen LogP) is 7.46.